The van der Waals surface area contributed by atoms with Gasteiger partial charge < -0.3 is 5.32 Å². The molecule has 1 amide bonds. The summed E-state index contributed by atoms with van der Waals surface area (Å²) in [5.74, 6) is 3.07. The fourth-order valence-electron chi connectivity index (χ4n) is 7.23. The average Bonchev–Trinajstić information content (AvgIpc) is 2.88. The van der Waals surface area contributed by atoms with Gasteiger partial charge in [-0.25, -0.2) is 12.8 Å². The largest absolute Gasteiger partial charge is 0.325 e. The number of rotatable bonds is 7. The number of anilines is 2. The van der Waals surface area contributed by atoms with Crippen LogP contribution in [0.15, 0.2) is 83.8 Å². The van der Waals surface area contributed by atoms with Crippen molar-refractivity contribution in [1.82, 2.24) is 0 Å². The maximum Gasteiger partial charge on any atom is 0.264 e. The van der Waals surface area contributed by atoms with E-state index in [-0.39, 0.29) is 4.90 Å². The van der Waals surface area contributed by atoms with Crippen LogP contribution in [0.25, 0.3) is 0 Å². The number of nitrogens with zero attached hydrogens (tertiary/aromatic N) is 1. The molecule has 5 nitrogen and oxygen atoms in total. The lowest BCUT2D eigenvalue weighted by Crippen LogP contribution is -2.43. The van der Waals surface area contributed by atoms with Crippen LogP contribution in [0.2, 0.25) is 0 Å². The van der Waals surface area contributed by atoms with Gasteiger partial charge in [-0.2, -0.15) is 0 Å². The molecule has 4 saturated carbocycles. The molecular formula is C30H31FN2O3S. The number of carbonyl (C=O) groups excluding carboxylic acids is 1. The summed E-state index contributed by atoms with van der Waals surface area (Å²) in [4.78, 5) is 13.0. The molecule has 3 aromatic carbocycles. The Morgan fingerprint density at radius 3 is 2.00 bits per heavy atom. The van der Waals surface area contributed by atoms with E-state index in [1.54, 1.807) is 30.3 Å². The van der Waals surface area contributed by atoms with Crippen LogP contribution in [0.1, 0.15) is 43.6 Å². The first-order chi connectivity index (χ1) is 17.9. The second-order valence-corrected chi connectivity index (χ2v) is 12.8. The van der Waals surface area contributed by atoms with Crippen molar-refractivity contribution in [3.63, 3.8) is 0 Å². The quantitative estimate of drug-likeness (QED) is 0.405. The van der Waals surface area contributed by atoms with Crippen molar-refractivity contribution in [3.8, 4) is 0 Å². The minimum Gasteiger partial charge on any atom is -0.325 e. The Bertz CT molecular complexity index is 1350. The number of para-hydroxylation sites is 1. The van der Waals surface area contributed by atoms with Crippen LogP contribution < -0.4 is 9.62 Å². The van der Waals surface area contributed by atoms with Gasteiger partial charge in [0.1, 0.15) is 12.4 Å². The fourth-order valence-corrected chi connectivity index (χ4v) is 8.65. The van der Waals surface area contributed by atoms with Gasteiger partial charge >= 0.3 is 0 Å². The van der Waals surface area contributed by atoms with Crippen LogP contribution >= 0.6 is 0 Å². The smallest absolute Gasteiger partial charge is 0.264 e. The second-order valence-electron chi connectivity index (χ2n) is 10.9. The maximum atomic E-state index is 13.4. The molecule has 4 fully saturated rings. The Hall–Kier alpha value is -3.19. The zero-order chi connectivity index (χ0) is 25.6. The SMILES string of the molecule is O=C(CN(c1ccccc1)S(=O)(=O)c1ccc(F)cc1)Nc1ccc(C2C3CC4CC(C3)CC2C4)cc1. The number of hydrogen-bond donors (Lipinski definition) is 1. The van der Waals surface area contributed by atoms with E-state index in [2.05, 4.69) is 17.4 Å². The van der Waals surface area contributed by atoms with Gasteiger partial charge in [0.15, 0.2) is 0 Å². The predicted octanol–water partition coefficient (Wildman–Crippen LogP) is 6.20. The van der Waals surface area contributed by atoms with E-state index >= 15 is 0 Å². The van der Waals surface area contributed by atoms with Crippen LogP contribution in [-0.2, 0) is 14.8 Å². The van der Waals surface area contributed by atoms with Gasteiger partial charge in [-0.1, -0.05) is 30.3 Å². The monoisotopic (exact) mass is 518 g/mol. The molecular weight excluding hydrogens is 487 g/mol. The molecule has 0 heterocycles. The molecule has 0 unspecified atom stereocenters. The van der Waals surface area contributed by atoms with E-state index in [9.17, 15) is 17.6 Å². The van der Waals surface area contributed by atoms with Crippen LogP contribution in [0.5, 0.6) is 0 Å². The predicted molar refractivity (Wildman–Crippen MR) is 142 cm³/mol. The lowest BCUT2D eigenvalue weighted by Gasteiger charge is -2.54. The Morgan fingerprint density at radius 2 is 1.41 bits per heavy atom. The van der Waals surface area contributed by atoms with Crippen molar-refractivity contribution in [3.05, 3.63) is 90.2 Å². The standard InChI is InChI=1S/C30H31FN2O3S/c31-25-8-12-28(13-9-25)37(35,36)33(27-4-2-1-3-5-27)19-29(34)32-26-10-6-22(7-11-26)30-23-15-20-14-21(17-23)18-24(30)16-20/h1-13,20-21,23-24,30H,14-19H2,(H,32,34). The number of nitrogens with one attached hydrogen (secondary N) is 1. The highest BCUT2D eigenvalue weighted by atomic mass is 32.2. The molecule has 4 aliphatic carbocycles. The van der Waals surface area contributed by atoms with Crippen LogP contribution in [0.4, 0.5) is 15.8 Å². The van der Waals surface area contributed by atoms with Gasteiger partial charge in [0, 0.05) is 5.69 Å². The van der Waals surface area contributed by atoms with E-state index in [0.717, 1.165) is 40.1 Å². The fraction of sp³-hybridized carbons (Fsp3) is 0.367. The third-order valence-electron chi connectivity index (χ3n) is 8.54. The molecule has 37 heavy (non-hydrogen) atoms. The molecule has 1 N–H and O–H groups in total. The van der Waals surface area contributed by atoms with E-state index in [0.29, 0.717) is 17.3 Å². The molecule has 0 radical (unpaired) electrons. The third-order valence-corrected chi connectivity index (χ3v) is 10.3. The molecule has 4 aliphatic rings. The number of halogens is 1. The molecule has 0 aromatic heterocycles. The van der Waals surface area contributed by atoms with Gasteiger partial charge in [-0.3, -0.25) is 9.10 Å². The Balaban J connectivity index is 1.18. The van der Waals surface area contributed by atoms with Crippen molar-refractivity contribution in [1.29, 1.82) is 0 Å². The number of hydrogen-bond acceptors (Lipinski definition) is 3. The van der Waals surface area contributed by atoms with E-state index in [1.165, 1.54) is 49.8 Å². The average molecular weight is 519 g/mol. The molecule has 4 bridgehead atoms. The molecule has 3 aromatic rings. The molecule has 7 heteroatoms. The minimum absolute atomic E-state index is 0.0782. The summed E-state index contributed by atoms with van der Waals surface area (Å²) in [7, 11) is -4.08. The first-order valence-electron chi connectivity index (χ1n) is 13.1. The molecule has 7 rings (SSSR count). The highest BCUT2D eigenvalue weighted by Crippen LogP contribution is 2.59. The number of sulfonamides is 1. The zero-order valence-corrected chi connectivity index (χ0v) is 21.4. The van der Waals surface area contributed by atoms with Gasteiger partial charge in [0.05, 0.1) is 10.6 Å². The van der Waals surface area contributed by atoms with Gasteiger partial charge in [-0.15, -0.1) is 0 Å². The summed E-state index contributed by atoms with van der Waals surface area (Å²) in [5.41, 5.74) is 2.36. The van der Waals surface area contributed by atoms with E-state index in [4.69, 9.17) is 0 Å². The summed E-state index contributed by atoms with van der Waals surface area (Å²) >= 11 is 0. The summed E-state index contributed by atoms with van der Waals surface area (Å²) < 4.78 is 41.3. The zero-order valence-electron chi connectivity index (χ0n) is 20.6. The number of benzene rings is 3. The van der Waals surface area contributed by atoms with Gasteiger partial charge in [0.2, 0.25) is 5.91 Å². The van der Waals surface area contributed by atoms with E-state index < -0.39 is 28.3 Å². The Labute approximate surface area is 217 Å². The lowest BCUT2D eigenvalue weighted by atomic mass is 9.51. The minimum atomic E-state index is -4.08. The molecule has 192 valence electrons. The second kappa shape index (κ2) is 9.60. The van der Waals surface area contributed by atoms with Gasteiger partial charge in [-0.05, 0) is 116 Å². The van der Waals surface area contributed by atoms with E-state index in [1.807, 2.05) is 12.1 Å². The van der Waals surface area contributed by atoms with Crippen molar-refractivity contribution in [2.45, 2.75) is 42.9 Å². The summed E-state index contributed by atoms with van der Waals surface area (Å²) in [6.45, 7) is -0.402. The molecule has 0 atom stereocenters. The summed E-state index contributed by atoms with van der Waals surface area (Å²) in [6.07, 6.45) is 6.85. The van der Waals surface area contributed by atoms with Crippen LogP contribution in [-0.4, -0.2) is 20.9 Å². The first kappa shape index (κ1) is 24.2. The topological polar surface area (TPSA) is 66.5 Å². The van der Waals surface area contributed by atoms with Crippen molar-refractivity contribution in [2.75, 3.05) is 16.2 Å². The molecule has 0 saturated heterocycles. The lowest BCUT2D eigenvalue weighted by molar-refractivity contribution is -0.114. The third kappa shape index (κ3) is 4.77. The molecule has 0 aliphatic heterocycles. The Kier molecular flexibility index (Phi) is 6.27. The van der Waals surface area contributed by atoms with Crippen LogP contribution in [0.3, 0.4) is 0 Å². The van der Waals surface area contributed by atoms with Crippen molar-refractivity contribution < 1.29 is 17.6 Å². The van der Waals surface area contributed by atoms with Crippen molar-refractivity contribution in [2.24, 2.45) is 23.7 Å². The van der Waals surface area contributed by atoms with Crippen LogP contribution in [0, 0.1) is 29.5 Å². The normalized spacial score (nSPS) is 26.1. The Morgan fingerprint density at radius 1 is 0.811 bits per heavy atom. The number of carbonyl (C=O) groups is 1. The molecule has 0 spiro atoms. The number of amides is 1. The van der Waals surface area contributed by atoms with Gasteiger partial charge in [0.25, 0.3) is 10.0 Å². The summed E-state index contributed by atoms with van der Waals surface area (Å²) in [6, 6.07) is 21.2. The maximum absolute atomic E-state index is 13.4. The van der Waals surface area contributed by atoms with Crippen molar-refractivity contribution >= 4 is 27.3 Å². The highest BCUT2D eigenvalue weighted by molar-refractivity contribution is 7.92. The first-order valence-corrected chi connectivity index (χ1v) is 14.5. The summed E-state index contributed by atoms with van der Waals surface area (Å²) in [5, 5.41) is 2.86. The highest BCUT2D eigenvalue weighted by Gasteiger charge is 2.48.